The van der Waals surface area contributed by atoms with E-state index in [4.69, 9.17) is 9.47 Å². The fourth-order valence-electron chi connectivity index (χ4n) is 3.04. The first-order valence-electron chi connectivity index (χ1n) is 7.49. The molecule has 4 heteroatoms. The second kappa shape index (κ2) is 5.82. The normalized spacial score (nSPS) is 35.3. The molecule has 0 saturated carbocycles. The summed E-state index contributed by atoms with van der Waals surface area (Å²) >= 11 is 0. The molecule has 0 amide bonds. The summed E-state index contributed by atoms with van der Waals surface area (Å²) in [5.41, 5.74) is 1.09. The Morgan fingerprint density at radius 3 is 2.90 bits per heavy atom. The highest BCUT2D eigenvalue weighted by Crippen LogP contribution is 2.33. The van der Waals surface area contributed by atoms with Crippen molar-refractivity contribution in [2.24, 2.45) is 0 Å². The van der Waals surface area contributed by atoms with Gasteiger partial charge in [0.05, 0.1) is 12.7 Å². The molecule has 0 aromatic heterocycles. The Morgan fingerprint density at radius 2 is 2.15 bits per heavy atom. The van der Waals surface area contributed by atoms with Crippen LogP contribution in [0.15, 0.2) is 30.3 Å². The summed E-state index contributed by atoms with van der Waals surface area (Å²) in [7, 11) is 0. The Bertz CT molecular complexity index is 439. The maximum atomic E-state index is 6.20. The monoisotopic (exact) mass is 276 g/mol. The molecule has 3 rings (SSSR count). The summed E-state index contributed by atoms with van der Waals surface area (Å²) < 4.78 is 12.2. The van der Waals surface area contributed by atoms with Crippen LogP contribution in [0, 0.1) is 0 Å². The van der Waals surface area contributed by atoms with Crippen molar-refractivity contribution >= 4 is 0 Å². The minimum atomic E-state index is -0.594. The van der Waals surface area contributed by atoms with Crippen LogP contribution in [-0.2, 0) is 15.3 Å². The topological polar surface area (TPSA) is 33.7 Å². The second-order valence-electron chi connectivity index (χ2n) is 5.91. The van der Waals surface area contributed by atoms with Gasteiger partial charge >= 0.3 is 0 Å². The maximum Gasteiger partial charge on any atom is 0.192 e. The highest BCUT2D eigenvalue weighted by molar-refractivity contribution is 5.20. The molecule has 2 unspecified atom stereocenters. The van der Waals surface area contributed by atoms with E-state index in [0.717, 1.165) is 31.7 Å². The summed E-state index contributed by atoms with van der Waals surface area (Å²) in [5, 5.41) is 3.42. The minimum Gasteiger partial charge on any atom is -0.343 e. The predicted octanol–water partition coefficient (Wildman–Crippen LogP) is 1.57. The van der Waals surface area contributed by atoms with E-state index in [1.165, 1.54) is 0 Å². The summed E-state index contributed by atoms with van der Waals surface area (Å²) in [6.07, 6.45) is 0.153. The number of piperazine rings is 1. The SMILES string of the molecule is C[C@H]1CNCCN1CC1COC(C)(c2ccccc2)O1. The fraction of sp³-hybridized carbons (Fsp3) is 0.625. The van der Waals surface area contributed by atoms with Gasteiger partial charge in [0.2, 0.25) is 0 Å². The Morgan fingerprint density at radius 1 is 1.35 bits per heavy atom. The molecule has 2 heterocycles. The van der Waals surface area contributed by atoms with Gasteiger partial charge in [-0.3, -0.25) is 4.90 Å². The zero-order valence-electron chi connectivity index (χ0n) is 12.3. The Labute approximate surface area is 121 Å². The van der Waals surface area contributed by atoms with Crippen LogP contribution in [0.3, 0.4) is 0 Å². The van der Waals surface area contributed by atoms with Gasteiger partial charge in [0.1, 0.15) is 0 Å². The lowest BCUT2D eigenvalue weighted by Gasteiger charge is -2.35. The molecule has 20 heavy (non-hydrogen) atoms. The predicted molar refractivity (Wildman–Crippen MR) is 78.5 cm³/mol. The number of rotatable bonds is 3. The van der Waals surface area contributed by atoms with Crippen molar-refractivity contribution in [3.8, 4) is 0 Å². The fourth-order valence-corrected chi connectivity index (χ4v) is 3.04. The van der Waals surface area contributed by atoms with E-state index in [1.807, 2.05) is 25.1 Å². The summed E-state index contributed by atoms with van der Waals surface area (Å²) in [6, 6.07) is 10.8. The molecule has 2 aliphatic rings. The van der Waals surface area contributed by atoms with Crippen LogP contribution in [0.1, 0.15) is 19.4 Å². The number of benzene rings is 1. The number of hydrogen-bond donors (Lipinski definition) is 1. The lowest BCUT2D eigenvalue weighted by molar-refractivity contribution is -0.164. The smallest absolute Gasteiger partial charge is 0.192 e. The molecular formula is C16H24N2O2. The molecule has 110 valence electrons. The van der Waals surface area contributed by atoms with Gasteiger partial charge in [0.25, 0.3) is 0 Å². The molecular weight excluding hydrogens is 252 g/mol. The molecule has 0 bridgehead atoms. The zero-order valence-corrected chi connectivity index (χ0v) is 12.3. The van der Waals surface area contributed by atoms with Gasteiger partial charge in [-0.25, -0.2) is 0 Å². The average molecular weight is 276 g/mol. The van der Waals surface area contributed by atoms with Crippen molar-refractivity contribution in [2.45, 2.75) is 31.8 Å². The van der Waals surface area contributed by atoms with Crippen LogP contribution < -0.4 is 5.32 Å². The van der Waals surface area contributed by atoms with Crippen molar-refractivity contribution in [1.82, 2.24) is 10.2 Å². The van der Waals surface area contributed by atoms with E-state index in [-0.39, 0.29) is 6.10 Å². The van der Waals surface area contributed by atoms with Crippen molar-refractivity contribution in [3.63, 3.8) is 0 Å². The zero-order chi connectivity index (χ0) is 14.0. The third-order valence-corrected chi connectivity index (χ3v) is 4.31. The van der Waals surface area contributed by atoms with E-state index in [2.05, 4.69) is 29.3 Å². The van der Waals surface area contributed by atoms with Crippen LogP contribution in [-0.4, -0.2) is 49.8 Å². The third kappa shape index (κ3) is 2.88. The standard InChI is InChI=1S/C16H24N2O2/c1-13-10-17-8-9-18(13)11-15-12-19-16(2,20-15)14-6-4-3-5-7-14/h3-7,13,15,17H,8-12H2,1-2H3/t13-,15?,16?/m0/s1. The highest BCUT2D eigenvalue weighted by Gasteiger charge is 2.39. The number of nitrogens with one attached hydrogen (secondary N) is 1. The molecule has 2 aliphatic heterocycles. The largest absolute Gasteiger partial charge is 0.343 e. The molecule has 4 nitrogen and oxygen atoms in total. The lowest BCUT2D eigenvalue weighted by atomic mass is 10.1. The van der Waals surface area contributed by atoms with Crippen molar-refractivity contribution in [2.75, 3.05) is 32.8 Å². The Balaban J connectivity index is 1.62. The first-order valence-corrected chi connectivity index (χ1v) is 7.49. The van der Waals surface area contributed by atoms with E-state index < -0.39 is 5.79 Å². The summed E-state index contributed by atoms with van der Waals surface area (Å²) in [5.74, 6) is -0.594. The minimum absolute atomic E-state index is 0.153. The summed E-state index contributed by atoms with van der Waals surface area (Å²) in [4.78, 5) is 2.49. The second-order valence-corrected chi connectivity index (χ2v) is 5.91. The van der Waals surface area contributed by atoms with Crippen molar-refractivity contribution in [1.29, 1.82) is 0 Å². The molecule has 0 aliphatic carbocycles. The van der Waals surface area contributed by atoms with Gasteiger partial charge in [-0.1, -0.05) is 30.3 Å². The molecule has 1 aromatic rings. The first-order chi connectivity index (χ1) is 9.67. The Kier molecular flexibility index (Phi) is 4.08. The average Bonchev–Trinajstić information content (AvgIpc) is 2.85. The van der Waals surface area contributed by atoms with Gasteiger partial charge in [0, 0.05) is 37.8 Å². The van der Waals surface area contributed by atoms with Gasteiger partial charge in [-0.05, 0) is 13.8 Å². The molecule has 1 N–H and O–H groups in total. The van der Waals surface area contributed by atoms with E-state index in [9.17, 15) is 0 Å². The van der Waals surface area contributed by atoms with Crippen LogP contribution >= 0.6 is 0 Å². The first kappa shape index (κ1) is 14.0. The molecule has 1 aromatic carbocycles. The molecule has 0 spiro atoms. The third-order valence-electron chi connectivity index (χ3n) is 4.31. The lowest BCUT2D eigenvalue weighted by Crippen LogP contribution is -2.52. The van der Waals surface area contributed by atoms with Gasteiger partial charge in [-0.15, -0.1) is 0 Å². The molecule has 0 radical (unpaired) electrons. The van der Waals surface area contributed by atoms with E-state index in [0.29, 0.717) is 12.6 Å². The quantitative estimate of drug-likeness (QED) is 0.908. The Hall–Kier alpha value is -0.940. The van der Waals surface area contributed by atoms with Crippen molar-refractivity contribution < 1.29 is 9.47 Å². The van der Waals surface area contributed by atoms with Gasteiger partial charge in [-0.2, -0.15) is 0 Å². The molecule has 3 atom stereocenters. The number of ether oxygens (including phenoxy) is 2. The van der Waals surface area contributed by atoms with Gasteiger partial charge in [0.15, 0.2) is 5.79 Å². The number of hydrogen-bond acceptors (Lipinski definition) is 4. The van der Waals surface area contributed by atoms with Crippen LogP contribution in [0.4, 0.5) is 0 Å². The van der Waals surface area contributed by atoms with Crippen LogP contribution in [0.2, 0.25) is 0 Å². The highest BCUT2D eigenvalue weighted by atomic mass is 16.7. The van der Waals surface area contributed by atoms with E-state index >= 15 is 0 Å². The van der Waals surface area contributed by atoms with Gasteiger partial charge < -0.3 is 14.8 Å². The molecule has 2 saturated heterocycles. The van der Waals surface area contributed by atoms with Crippen LogP contribution in [0.5, 0.6) is 0 Å². The summed E-state index contributed by atoms with van der Waals surface area (Å²) in [6.45, 7) is 9.11. The van der Waals surface area contributed by atoms with Crippen molar-refractivity contribution in [3.05, 3.63) is 35.9 Å². The maximum absolute atomic E-state index is 6.20. The molecule has 2 fully saturated rings. The number of nitrogens with zero attached hydrogens (tertiary/aromatic N) is 1. The van der Waals surface area contributed by atoms with E-state index in [1.54, 1.807) is 0 Å². The van der Waals surface area contributed by atoms with Crippen LogP contribution in [0.25, 0.3) is 0 Å².